The van der Waals surface area contributed by atoms with Gasteiger partial charge in [0.1, 0.15) is 23.5 Å². The molecule has 4 aromatic rings. The molecule has 11 heteroatoms. The smallest absolute Gasteiger partial charge is 0.272 e. The maximum Gasteiger partial charge on any atom is 0.272 e. The molecule has 1 amide bonds. The minimum absolute atomic E-state index is 0. The van der Waals surface area contributed by atoms with Crippen LogP contribution in [-0.2, 0) is 13.6 Å². The van der Waals surface area contributed by atoms with E-state index in [2.05, 4.69) is 35.7 Å². The first-order valence-electron chi connectivity index (χ1n) is 10.1. The third-order valence-corrected chi connectivity index (χ3v) is 5.36. The molecule has 0 aliphatic carbocycles. The molecule has 0 radical (unpaired) electrons. The van der Waals surface area contributed by atoms with Crippen molar-refractivity contribution in [3.63, 3.8) is 0 Å². The van der Waals surface area contributed by atoms with Crippen LogP contribution in [0.25, 0.3) is 22.3 Å². The fraction of sp³-hybridized carbons (Fsp3) is 0.286. The second-order valence-corrected chi connectivity index (χ2v) is 7.63. The predicted molar refractivity (Wildman–Crippen MR) is 119 cm³/mol. The number of carbonyl (C=O) groups excluding carboxylic acids is 1. The summed E-state index contributed by atoms with van der Waals surface area (Å²) >= 11 is 0. The van der Waals surface area contributed by atoms with E-state index in [0.717, 1.165) is 30.8 Å². The van der Waals surface area contributed by atoms with E-state index in [-0.39, 0.29) is 42.4 Å². The number of hydrogen-bond acceptors (Lipinski definition) is 6. The van der Waals surface area contributed by atoms with Gasteiger partial charge in [-0.3, -0.25) is 9.48 Å². The Bertz CT molecular complexity index is 1260. The number of carbonyl (C=O) groups is 1. The van der Waals surface area contributed by atoms with Gasteiger partial charge in [0.2, 0.25) is 0 Å². The first kappa shape index (κ1) is 21.8. The lowest BCUT2D eigenvalue weighted by molar-refractivity contribution is 0.0947. The van der Waals surface area contributed by atoms with E-state index < -0.39 is 0 Å². The number of imidazole rings is 1. The van der Waals surface area contributed by atoms with Crippen LogP contribution < -0.4 is 10.6 Å². The van der Waals surface area contributed by atoms with Gasteiger partial charge in [-0.25, -0.2) is 19.3 Å². The van der Waals surface area contributed by atoms with E-state index in [1.165, 1.54) is 18.5 Å². The molecule has 9 nitrogen and oxygen atoms in total. The largest absolute Gasteiger partial charge is 0.347 e. The molecule has 3 aromatic heterocycles. The first-order chi connectivity index (χ1) is 15.1. The van der Waals surface area contributed by atoms with Crippen LogP contribution >= 0.6 is 12.4 Å². The van der Waals surface area contributed by atoms with Crippen LogP contribution in [-0.4, -0.2) is 42.2 Å². The van der Waals surface area contributed by atoms with Crippen molar-refractivity contribution in [3.8, 4) is 11.1 Å². The van der Waals surface area contributed by atoms with Gasteiger partial charge in [0.15, 0.2) is 11.3 Å². The molecule has 1 aliphatic heterocycles. The van der Waals surface area contributed by atoms with Gasteiger partial charge in [-0.05, 0) is 48.7 Å². The van der Waals surface area contributed by atoms with Crippen molar-refractivity contribution in [2.45, 2.75) is 25.4 Å². The molecular weight excluding hydrogens is 435 g/mol. The zero-order chi connectivity index (χ0) is 21.4. The predicted octanol–water partition coefficient (Wildman–Crippen LogP) is 2.67. The summed E-state index contributed by atoms with van der Waals surface area (Å²) in [4.78, 5) is 28.9. The summed E-state index contributed by atoms with van der Waals surface area (Å²) in [7, 11) is 1.80. The van der Waals surface area contributed by atoms with Crippen LogP contribution in [0.5, 0.6) is 0 Å². The second-order valence-electron chi connectivity index (χ2n) is 7.63. The lowest BCUT2D eigenvalue weighted by Gasteiger charge is -2.08. The van der Waals surface area contributed by atoms with Crippen molar-refractivity contribution in [1.29, 1.82) is 0 Å². The molecular formula is C21H22ClFN8O. The zero-order valence-corrected chi connectivity index (χ0v) is 18.1. The van der Waals surface area contributed by atoms with Crippen molar-refractivity contribution in [2.24, 2.45) is 7.05 Å². The average molecular weight is 457 g/mol. The zero-order valence-electron chi connectivity index (χ0n) is 17.3. The molecule has 1 atom stereocenters. The van der Waals surface area contributed by atoms with Crippen LogP contribution in [0.15, 0.2) is 36.9 Å². The van der Waals surface area contributed by atoms with E-state index in [0.29, 0.717) is 22.3 Å². The van der Waals surface area contributed by atoms with E-state index in [9.17, 15) is 9.18 Å². The molecule has 0 bridgehead atoms. The van der Waals surface area contributed by atoms with Crippen molar-refractivity contribution in [2.75, 3.05) is 6.54 Å². The van der Waals surface area contributed by atoms with E-state index in [1.807, 2.05) is 12.3 Å². The summed E-state index contributed by atoms with van der Waals surface area (Å²) in [5.41, 5.74) is 3.30. The number of aryl methyl sites for hydroxylation is 1. The topological polar surface area (TPSA) is 113 Å². The number of aromatic amines is 1. The van der Waals surface area contributed by atoms with Gasteiger partial charge in [0.05, 0.1) is 12.2 Å². The summed E-state index contributed by atoms with van der Waals surface area (Å²) in [5.74, 6) is -0.000218. The minimum atomic E-state index is -0.380. The minimum Gasteiger partial charge on any atom is -0.347 e. The Morgan fingerprint density at radius 1 is 1.28 bits per heavy atom. The number of aromatic nitrogens is 6. The number of amides is 1. The number of nitrogens with zero attached hydrogens (tertiary/aromatic N) is 5. The van der Waals surface area contributed by atoms with Crippen LogP contribution in [0.1, 0.15) is 40.8 Å². The van der Waals surface area contributed by atoms with Gasteiger partial charge in [-0.15, -0.1) is 12.4 Å². The highest BCUT2D eigenvalue weighted by atomic mass is 35.5. The Hall–Kier alpha value is -3.37. The number of fused-ring (bicyclic) bond motifs is 1. The molecule has 1 aliphatic rings. The average Bonchev–Trinajstić information content (AvgIpc) is 3.51. The molecule has 0 unspecified atom stereocenters. The van der Waals surface area contributed by atoms with Crippen molar-refractivity contribution in [3.05, 3.63) is 59.8 Å². The van der Waals surface area contributed by atoms with E-state index >= 15 is 0 Å². The molecule has 1 fully saturated rings. The number of nitrogens with one attached hydrogen (secondary N) is 3. The maximum absolute atomic E-state index is 14.1. The van der Waals surface area contributed by atoms with Gasteiger partial charge in [0.25, 0.3) is 5.91 Å². The lowest BCUT2D eigenvalue weighted by atomic mass is 10.1. The molecule has 5 rings (SSSR count). The highest BCUT2D eigenvalue weighted by Crippen LogP contribution is 2.24. The molecule has 166 valence electrons. The van der Waals surface area contributed by atoms with Crippen molar-refractivity contribution < 1.29 is 9.18 Å². The summed E-state index contributed by atoms with van der Waals surface area (Å²) in [5, 5.41) is 10.3. The number of hydrogen-bond donors (Lipinski definition) is 3. The van der Waals surface area contributed by atoms with Crippen LogP contribution in [0, 0.1) is 5.82 Å². The van der Waals surface area contributed by atoms with Crippen LogP contribution in [0.2, 0.25) is 0 Å². The third kappa shape index (κ3) is 4.32. The van der Waals surface area contributed by atoms with Crippen molar-refractivity contribution in [1.82, 2.24) is 40.3 Å². The van der Waals surface area contributed by atoms with Crippen LogP contribution in [0.4, 0.5) is 4.39 Å². The third-order valence-electron chi connectivity index (χ3n) is 5.36. The number of halogens is 2. The Kier molecular flexibility index (Phi) is 6.15. The van der Waals surface area contributed by atoms with Crippen molar-refractivity contribution >= 4 is 29.5 Å². The second kappa shape index (κ2) is 9.01. The Balaban J connectivity index is 0.00000245. The molecule has 1 saturated heterocycles. The van der Waals surface area contributed by atoms with Gasteiger partial charge < -0.3 is 15.6 Å². The van der Waals surface area contributed by atoms with Gasteiger partial charge in [0, 0.05) is 25.4 Å². The summed E-state index contributed by atoms with van der Waals surface area (Å²) in [6.07, 6.45) is 6.86. The molecule has 4 heterocycles. The van der Waals surface area contributed by atoms with Gasteiger partial charge >= 0.3 is 0 Å². The quantitative estimate of drug-likeness (QED) is 0.425. The van der Waals surface area contributed by atoms with E-state index in [4.69, 9.17) is 0 Å². The Labute approximate surface area is 189 Å². The Morgan fingerprint density at radius 2 is 2.16 bits per heavy atom. The number of rotatable bonds is 5. The van der Waals surface area contributed by atoms with E-state index in [1.54, 1.807) is 17.9 Å². The lowest BCUT2D eigenvalue weighted by Crippen LogP contribution is -2.24. The Morgan fingerprint density at radius 3 is 2.91 bits per heavy atom. The standard InChI is InChI=1S/C21H21FN8O.ClH/c1-30-10-14(9-27-30)13-5-12(6-15(22)7-13)8-24-21(31)18-17-20(26-11-25-18)29-19(28-17)16-3-2-4-23-16;/h5-7,9-11,16,23H,2-4,8H2,1H3,(H,24,31)(H,25,26,28,29);1H/t16-;/m1./s1. The summed E-state index contributed by atoms with van der Waals surface area (Å²) in [6.45, 7) is 1.09. The SMILES string of the molecule is Cl.Cn1cc(-c2cc(F)cc(CNC(=O)c3ncnc4nc([C@H]5CCCN5)[nH]c34)c2)cn1. The number of H-pyrrole nitrogens is 1. The summed E-state index contributed by atoms with van der Waals surface area (Å²) < 4.78 is 15.8. The highest BCUT2D eigenvalue weighted by Gasteiger charge is 2.22. The molecule has 0 spiro atoms. The molecule has 32 heavy (non-hydrogen) atoms. The van der Waals surface area contributed by atoms with Gasteiger partial charge in [-0.2, -0.15) is 5.10 Å². The number of benzene rings is 1. The fourth-order valence-electron chi connectivity index (χ4n) is 3.86. The molecule has 0 saturated carbocycles. The molecule has 3 N–H and O–H groups in total. The normalized spacial score (nSPS) is 15.6. The maximum atomic E-state index is 14.1. The first-order valence-corrected chi connectivity index (χ1v) is 10.1. The fourth-order valence-corrected chi connectivity index (χ4v) is 3.86. The molecule has 1 aromatic carbocycles. The highest BCUT2D eigenvalue weighted by molar-refractivity contribution is 6.02. The summed E-state index contributed by atoms with van der Waals surface area (Å²) in [6, 6.07) is 4.80. The van der Waals surface area contributed by atoms with Crippen LogP contribution in [0.3, 0.4) is 0 Å². The monoisotopic (exact) mass is 456 g/mol. The van der Waals surface area contributed by atoms with Gasteiger partial charge in [-0.1, -0.05) is 0 Å².